The number of nitrogens with two attached hydrogens (primary N) is 2. The fraction of sp³-hybridized carbons (Fsp3) is 0.667. The van der Waals surface area contributed by atoms with Gasteiger partial charge in [-0.2, -0.15) is 0 Å². The van der Waals surface area contributed by atoms with E-state index in [1.165, 1.54) is 0 Å². The first-order valence-corrected chi connectivity index (χ1v) is 7.91. The molecule has 0 amide bonds. The summed E-state index contributed by atoms with van der Waals surface area (Å²) in [5, 5.41) is 17.4. The molecule has 2 atom stereocenters. The lowest BCUT2D eigenvalue weighted by atomic mass is 10.1. The molecule has 0 aliphatic rings. The molecule has 0 aliphatic heterocycles. The van der Waals surface area contributed by atoms with E-state index in [0.717, 1.165) is 38.8 Å². The Morgan fingerprint density at radius 1 is 1.00 bits per heavy atom. The number of aromatic nitrogens is 2. The zero-order valence-corrected chi connectivity index (χ0v) is 13.3. The molecule has 1 aromatic heterocycles. The van der Waals surface area contributed by atoms with Gasteiger partial charge in [-0.25, -0.2) is 9.13 Å². The lowest BCUT2D eigenvalue weighted by Gasteiger charge is -2.05. The molecule has 8 nitrogen and oxygen atoms in total. The number of rotatable bonds is 12. The van der Waals surface area contributed by atoms with Crippen LogP contribution in [0.5, 0.6) is 0 Å². The minimum atomic E-state index is -0.952. The molecule has 0 saturated heterocycles. The summed E-state index contributed by atoms with van der Waals surface area (Å²) < 4.78 is 4.10. The molecular weight excluding hydrogens is 302 g/mol. The molecule has 0 fully saturated rings. The van der Waals surface area contributed by atoms with Gasteiger partial charge in [0, 0.05) is 0 Å². The molecule has 0 aliphatic carbocycles. The third kappa shape index (κ3) is 7.75. The summed E-state index contributed by atoms with van der Waals surface area (Å²) in [4.78, 5) is 21.2. The number of carbonyl (C=O) groups is 2. The van der Waals surface area contributed by atoms with Gasteiger partial charge in [-0.1, -0.05) is 0 Å². The molecule has 1 heterocycles. The molecule has 0 radical (unpaired) electrons. The maximum atomic E-state index is 10.6. The minimum Gasteiger partial charge on any atom is -0.480 e. The molecule has 0 spiro atoms. The van der Waals surface area contributed by atoms with E-state index in [9.17, 15) is 9.59 Å². The Morgan fingerprint density at radius 3 is 2.13 bits per heavy atom. The number of aryl methyl sites for hydroxylation is 2. The van der Waals surface area contributed by atoms with E-state index in [4.69, 9.17) is 21.7 Å². The Kier molecular flexibility index (Phi) is 8.28. The Bertz CT molecular complexity index is 461. The average molecular weight is 329 g/mol. The highest BCUT2D eigenvalue weighted by Crippen LogP contribution is 2.02. The van der Waals surface area contributed by atoms with Crippen LogP contribution >= 0.6 is 0 Å². The predicted molar refractivity (Wildman–Crippen MR) is 83.6 cm³/mol. The number of imidazole rings is 1. The first-order chi connectivity index (χ1) is 10.9. The van der Waals surface area contributed by atoms with Crippen molar-refractivity contribution < 1.29 is 24.4 Å². The lowest BCUT2D eigenvalue weighted by Crippen LogP contribution is -2.32. The van der Waals surface area contributed by atoms with Crippen LogP contribution < -0.4 is 16.0 Å². The second-order valence-electron chi connectivity index (χ2n) is 5.77. The highest BCUT2D eigenvalue weighted by molar-refractivity contribution is 5.73. The Labute approximate surface area is 135 Å². The van der Waals surface area contributed by atoms with Crippen LogP contribution in [0.1, 0.15) is 38.5 Å². The van der Waals surface area contributed by atoms with E-state index < -0.39 is 24.0 Å². The van der Waals surface area contributed by atoms with Crippen LogP contribution in [0.4, 0.5) is 0 Å². The largest absolute Gasteiger partial charge is 0.480 e. The lowest BCUT2D eigenvalue weighted by molar-refractivity contribution is -0.696. The quantitative estimate of drug-likeness (QED) is 0.241. The molecule has 0 saturated carbocycles. The highest BCUT2D eigenvalue weighted by atomic mass is 16.4. The third-order valence-corrected chi connectivity index (χ3v) is 3.74. The molecule has 6 N–H and O–H groups in total. The van der Waals surface area contributed by atoms with Gasteiger partial charge in [0.25, 0.3) is 0 Å². The van der Waals surface area contributed by atoms with Crippen LogP contribution in [-0.4, -0.2) is 38.8 Å². The fourth-order valence-corrected chi connectivity index (χ4v) is 2.27. The second kappa shape index (κ2) is 9.96. The van der Waals surface area contributed by atoms with Crippen molar-refractivity contribution in [2.45, 2.75) is 63.7 Å². The van der Waals surface area contributed by atoms with Crippen molar-refractivity contribution in [3.8, 4) is 0 Å². The number of nitrogens with zero attached hydrogens (tertiary/aromatic N) is 2. The zero-order valence-electron chi connectivity index (χ0n) is 13.3. The summed E-state index contributed by atoms with van der Waals surface area (Å²) >= 11 is 0. The normalized spacial score (nSPS) is 13.7. The maximum absolute atomic E-state index is 10.6. The van der Waals surface area contributed by atoms with Crippen LogP contribution in [0, 0.1) is 0 Å². The van der Waals surface area contributed by atoms with Crippen molar-refractivity contribution in [1.29, 1.82) is 0 Å². The van der Waals surface area contributed by atoms with Crippen LogP contribution in [0.3, 0.4) is 0 Å². The molecule has 0 aromatic carbocycles. The van der Waals surface area contributed by atoms with E-state index in [2.05, 4.69) is 9.13 Å². The molecule has 130 valence electrons. The van der Waals surface area contributed by atoms with Crippen LogP contribution in [0.2, 0.25) is 0 Å². The summed E-state index contributed by atoms with van der Waals surface area (Å²) in [6.07, 6.45) is 10.2. The average Bonchev–Trinajstić information content (AvgIpc) is 2.95. The maximum Gasteiger partial charge on any atom is 0.320 e. The van der Waals surface area contributed by atoms with E-state index in [1.54, 1.807) is 0 Å². The number of hydrogen-bond donors (Lipinski definition) is 4. The molecule has 1 rings (SSSR count). The molecule has 0 bridgehead atoms. The summed E-state index contributed by atoms with van der Waals surface area (Å²) in [6.45, 7) is 1.65. The van der Waals surface area contributed by atoms with E-state index in [0.29, 0.717) is 12.8 Å². The predicted octanol–water partition coefficient (Wildman–Crippen LogP) is -0.0600. The smallest absolute Gasteiger partial charge is 0.320 e. The van der Waals surface area contributed by atoms with Gasteiger partial charge in [-0.05, 0) is 38.5 Å². The van der Waals surface area contributed by atoms with Crippen molar-refractivity contribution in [3.63, 3.8) is 0 Å². The number of carboxylic acid groups (broad SMARTS) is 2. The van der Waals surface area contributed by atoms with Gasteiger partial charge in [-0.15, -0.1) is 0 Å². The summed E-state index contributed by atoms with van der Waals surface area (Å²) in [5.74, 6) is -1.90. The van der Waals surface area contributed by atoms with E-state index in [1.807, 2.05) is 18.7 Å². The number of hydrogen-bond acceptors (Lipinski definition) is 4. The topological polar surface area (TPSA) is 135 Å². The van der Waals surface area contributed by atoms with Gasteiger partial charge >= 0.3 is 11.9 Å². The summed E-state index contributed by atoms with van der Waals surface area (Å²) in [5.41, 5.74) is 10.9. The number of carboxylic acids is 2. The summed E-state index contributed by atoms with van der Waals surface area (Å²) in [6, 6.07) is -1.55. The first kappa shape index (κ1) is 19.1. The van der Waals surface area contributed by atoms with Crippen molar-refractivity contribution in [2.24, 2.45) is 11.5 Å². The van der Waals surface area contributed by atoms with Crippen molar-refractivity contribution in [3.05, 3.63) is 18.7 Å². The fourth-order valence-electron chi connectivity index (χ4n) is 2.27. The highest BCUT2D eigenvalue weighted by Gasteiger charge is 2.12. The Balaban J connectivity index is 2.17. The van der Waals surface area contributed by atoms with E-state index >= 15 is 0 Å². The number of aliphatic carboxylic acids is 2. The van der Waals surface area contributed by atoms with Crippen molar-refractivity contribution in [2.75, 3.05) is 0 Å². The standard InChI is InChI=1S/C15H26N4O4/c16-12(14(20)21)5-1-3-7-18-9-10-19(11-18)8-4-2-6-13(17)15(22)23/h9-13H,1-8,16-17H2,(H-,20,21,22,23)/p+1/t12-,13-/m0/s1/i16+1,17+1. The van der Waals surface area contributed by atoms with Gasteiger partial charge < -0.3 is 21.7 Å². The molecule has 0 unspecified atom stereocenters. The van der Waals surface area contributed by atoms with Gasteiger partial charge in [-0.3, -0.25) is 9.59 Å². The van der Waals surface area contributed by atoms with Gasteiger partial charge in [0.2, 0.25) is 6.33 Å². The SMILES string of the molecule is [15NH2][C@@H](CCCCn1cc[n+](CCCC[C@H]([15NH2])C(=O)O)c1)C(=O)O. The minimum absolute atomic E-state index is 0.487. The van der Waals surface area contributed by atoms with Crippen molar-refractivity contribution in [1.82, 2.24) is 4.57 Å². The van der Waals surface area contributed by atoms with Crippen molar-refractivity contribution >= 4 is 11.9 Å². The monoisotopic (exact) mass is 329 g/mol. The summed E-state index contributed by atoms with van der Waals surface area (Å²) in [7, 11) is 0. The molecule has 23 heavy (non-hydrogen) atoms. The van der Waals surface area contributed by atoms with Crippen LogP contribution in [0.25, 0.3) is 0 Å². The second-order valence-corrected chi connectivity index (χ2v) is 5.77. The molecule has 8 heteroatoms. The molecular formula is C15H27N4O4+. The first-order valence-electron chi connectivity index (χ1n) is 7.91. The molecule has 1 aromatic rings. The zero-order chi connectivity index (χ0) is 17.2. The third-order valence-electron chi connectivity index (χ3n) is 3.74. The van der Waals surface area contributed by atoms with Gasteiger partial charge in [0.1, 0.15) is 24.5 Å². The van der Waals surface area contributed by atoms with Crippen LogP contribution in [-0.2, 0) is 22.7 Å². The Morgan fingerprint density at radius 2 is 1.57 bits per heavy atom. The van der Waals surface area contributed by atoms with Crippen LogP contribution in [0.15, 0.2) is 18.7 Å². The van der Waals surface area contributed by atoms with E-state index in [-0.39, 0.29) is 0 Å². The number of unbranched alkanes of at least 4 members (excludes halogenated alkanes) is 2. The van der Waals surface area contributed by atoms with Gasteiger partial charge in [0.05, 0.1) is 13.1 Å². The van der Waals surface area contributed by atoms with Gasteiger partial charge in [0.15, 0.2) is 0 Å². The Hall–Kier alpha value is -1.93.